The predicted octanol–water partition coefficient (Wildman–Crippen LogP) is 1.01. The van der Waals surface area contributed by atoms with Crippen molar-refractivity contribution in [2.75, 3.05) is 31.6 Å². The van der Waals surface area contributed by atoms with Crippen molar-refractivity contribution < 1.29 is 14.3 Å². The normalized spacial score (nSPS) is 17.3. The molecule has 1 atom stereocenters. The first-order chi connectivity index (χ1) is 8.81. The van der Waals surface area contributed by atoms with Crippen LogP contribution < -0.4 is 15.4 Å². The molecule has 1 aromatic carbocycles. The van der Waals surface area contributed by atoms with Crippen molar-refractivity contribution in [3.8, 4) is 5.75 Å². The molecule has 0 fully saturated rings. The number of hydrogen-bond acceptors (Lipinski definition) is 4. The number of anilines is 1. The van der Waals surface area contributed by atoms with E-state index in [0.29, 0.717) is 32.1 Å². The molecular weight excluding hydrogens is 232 g/mol. The highest BCUT2D eigenvalue weighted by Gasteiger charge is 2.25. The maximum absolute atomic E-state index is 11.8. The van der Waals surface area contributed by atoms with Crippen molar-refractivity contribution in [1.82, 2.24) is 5.32 Å². The van der Waals surface area contributed by atoms with Gasteiger partial charge in [0, 0.05) is 13.2 Å². The monoisotopic (exact) mass is 250 g/mol. The van der Waals surface area contributed by atoms with Crippen molar-refractivity contribution >= 4 is 11.6 Å². The van der Waals surface area contributed by atoms with Crippen molar-refractivity contribution in [2.24, 2.45) is 0 Å². The van der Waals surface area contributed by atoms with Crippen molar-refractivity contribution in [1.29, 1.82) is 0 Å². The summed E-state index contributed by atoms with van der Waals surface area (Å²) in [5, 5.41) is 5.97. The van der Waals surface area contributed by atoms with Gasteiger partial charge in [0.2, 0.25) is 0 Å². The zero-order valence-corrected chi connectivity index (χ0v) is 10.4. The van der Waals surface area contributed by atoms with Gasteiger partial charge in [0.25, 0.3) is 5.91 Å². The number of ether oxygens (including phenoxy) is 2. The summed E-state index contributed by atoms with van der Waals surface area (Å²) in [5.41, 5.74) is 0.927. The van der Waals surface area contributed by atoms with E-state index in [-0.39, 0.29) is 5.91 Å². The molecule has 0 spiro atoms. The average molecular weight is 250 g/mol. The van der Waals surface area contributed by atoms with Crippen LogP contribution in [0.25, 0.3) is 0 Å². The summed E-state index contributed by atoms with van der Waals surface area (Å²) in [4.78, 5) is 11.8. The summed E-state index contributed by atoms with van der Waals surface area (Å²) in [7, 11) is 0. The third kappa shape index (κ3) is 3.13. The van der Waals surface area contributed by atoms with Gasteiger partial charge < -0.3 is 20.1 Å². The molecule has 0 saturated carbocycles. The van der Waals surface area contributed by atoms with E-state index in [1.165, 1.54) is 0 Å². The van der Waals surface area contributed by atoms with E-state index in [1.807, 2.05) is 31.2 Å². The number of rotatable bonds is 5. The molecule has 1 heterocycles. The van der Waals surface area contributed by atoms with Gasteiger partial charge in [-0.05, 0) is 19.1 Å². The van der Waals surface area contributed by atoms with Gasteiger partial charge in [-0.1, -0.05) is 12.1 Å². The number of fused-ring (bicyclic) bond motifs is 1. The van der Waals surface area contributed by atoms with Gasteiger partial charge in [0.15, 0.2) is 6.10 Å². The molecule has 0 radical (unpaired) electrons. The molecule has 2 N–H and O–H groups in total. The quantitative estimate of drug-likeness (QED) is 0.766. The number of carbonyl (C=O) groups is 1. The topological polar surface area (TPSA) is 59.6 Å². The van der Waals surface area contributed by atoms with Gasteiger partial charge in [0.05, 0.1) is 18.8 Å². The largest absolute Gasteiger partial charge is 0.477 e. The van der Waals surface area contributed by atoms with Crippen LogP contribution in [-0.2, 0) is 9.53 Å². The lowest BCUT2D eigenvalue weighted by atomic mass is 10.2. The Hall–Kier alpha value is -1.75. The van der Waals surface area contributed by atoms with Crippen LogP contribution in [0.4, 0.5) is 5.69 Å². The molecular formula is C13H18N2O3. The van der Waals surface area contributed by atoms with E-state index in [4.69, 9.17) is 9.47 Å². The van der Waals surface area contributed by atoms with Crippen LogP contribution in [0.5, 0.6) is 5.75 Å². The molecule has 2 rings (SSSR count). The fraction of sp³-hybridized carbons (Fsp3) is 0.462. The number of carbonyl (C=O) groups excluding carboxylic acids is 1. The Kier molecular flexibility index (Phi) is 4.41. The average Bonchev–Trinajstić information content (AvgIpc) is 2.43. The Bertz CT molecular complexity index is 409. The molecule has 0 aromatic heterocycles. The third-order valence-electron chi connectivity index (χ3n) is 2.68. The molecule has 18 heavy (non-hydrogen) atoms. The van der Waals surface area contributed by atoms with Crippen molar-refractivity contribution in [3.05, 3.63) is 24.3 Å². The minimum absolute atomic E-state index is 0.114. The lowest BCUT2D eigenvalue weighted by molar-refractivity contribution is -0.127. The molecule has 0 bridgehead atoms. The van der Waals surface area contributed by atoms with Crippen LogP contribution >= 0.6 is 0 Å². The predicted molar refractivity (Wildman–Crippen MR) is 68.9 cm³/mol. The van der Waals surface area contributed by atoms with Crippen LogP contribution in [0.3, 0.4) is 0 Å². The molecule has 0 saturated heterocycles. The summed E-state index contributed by atoms with van der Waals surface area (Å²) >= 11 is 0. The van der Waals surface area contributed by atoms with E-state index < -0.39 is 6.10 Å². The van der Waals surface area contributed by atoms with Crippen LogP contribution in [0.15, 0.2) is 24.3 Å². The SMILES string of the molecule is CCOCCNC(=O)C1CNc2ccccc2O1. The standard InChI is InChI=1S/C13H18N2O3/c1-2-17-8-7-14-13(16)12-9-15-10-5-3-4-6-11(10)18-12/h3-6,12,15H,2,7-9H2,1H3,(H,14,16). The first kappa shape index (κ1) is 12.7. The zero-order valence-electron chi connectivity index (χ0n) is 10.4. The smallest absolute Gasteiger partial charge is 0.263 e. The highest BCUT2D eigenvalue weighted by Crippen LogP contribution is 2.27. The molecule has 5 nitrogen and oxygen atoms in total. The van der Waals surface area contributed by atoms with Crippen molar-refractivity contribution in [3.63, 3.8) is 0 Å². The van der Waals surface area contributed by atoms with Crippen LogP contribution in [0, 0.1) is 0 Å². The van der Waals surface area contributed by atoms with Crippen LogP contribution in [-0.4, -0.2) is 38.3 Å². The number of nitrogens with one attached hydrogen (secondary N) is 2. The molecule has 1 aromatic rings. The summed E-state index contributed by atoms with van der Waals surface area (Å²) in [6.07, 6.45) is -0.485. The number of amides is 1. The molecule has 1 aliphatic rings. The maximum Gasteiger partial charge on any atom is 0.263 e. The van der Waals surface area contributed by atoms with Crippen LogP contribution in [0.2, 0.25) is 0 Å². The molecule has 5 heteroatoms. The Morgan fingerprint density at radius 1 is 1.56 bits per heavy atom. The zero-order chi connectivity index (χ0) is 12.8. The number of benzene rings is 1. The van der Waals surface area contributed by atoms with E-state index in [0.717, 1.165) is 5.69 Å². The van der Waals surface area contributed by atoms with Gasteiger partial charge in [-0.15, -0.1) is 0 Å². The highest BCUT2D eigenvalue weighted by molar-refractivity contribution is 5.83. The van der Waals surface area contributed by atoms with Gasteiger partial charge in [-0.2, -0.15) is 0 Å². The first-order valence-electron chi connectivity index (χ1n) is 6.16. The van der Waals surface area contributed by atoms with E-state index in [1.54, 1.807) is 0 Å². The number of hydrogen-bond donors (Lipinski definition) is 2. The van der Waals surface area contributed by atoms with E-state index >= 15 is 0 Å². The Labute approximate surface area is 106 Å². The lowest BCUT2D eigenvalue weighted by Gasteiger charge is -2.26. The Morgan fingerprint density at radius 2 is 2.39 bits per heavy atom. The second kappa shape index (κ2) is 6.26. The second-order valence-electron chi connectivity index (χ2n) is 3.97. The Balaban J connectivity index is 1.83. The molecule has 1 amide bonds. The van der Waals surface area contributed by atoms with Gasteiger partial charge in [-0.25, -0.2) is 0 Å². The van der Waals surface area contributed by atoms with E-state index in [9.17, 15) is 4.79 Å². The van der Waals surface area contributed by atoms with Gasteiger partial charge in [0.1, 0.15) is 5.75 Å². The lowest BCUT2D eigenvalue weighted by Crippen LogP contribution is -2.45. The van der Waals surface area contributed by atoms with Gasteiger partial charge >= 0.3 is 0 Å². The molecule has 1 aliphatic heterocycles. The van der Waals surface area contributed by atoms with Gasteiger partial charge in [-0.3, -0.25) is 4.79 Å². The summed E-state index contributed by atoms with van der Waals surface area (Å²) < 4.78 is 10.8. The number of para-hydroxylation sites is 2. The minimum Gasteiger partial charge on any atom is -0.477 e. The Morgan fingerprint density at radius 3 is 3.22 bits per heavy atom. The molecule has 98 valence electrons. The third-order valence-corrected chi connectivity index (χ3v) is 2.68. The van der Waals surface area contributed by atoms with Crippen molar-refractivity contribution in [2.45, 2.75) is 13.0 Å². The van der Waals surface area contributed by atoms with E-state index in [2.05, 4.69) is 10.6 Å². The maximum atomic E-state index is 11.8. The summed E-state index contributed by atoms with van der Waals surface area (Å²) in [6, 6.07) is 7.59. The molecule has 0 aliphatic carbocycles. The minimum atomic E-state index is -0.485. The van der Waals surface area contributed by atoms with Crippen LogP contribution in [0.1, 0.15) is 6.92 Å². The molecule has 1 unspecified atom stereocenters. The summed E-state index contributed by atoms with van der Waals surface area (Å²) in [5.74, 6) is 0.602. The highest BCUT2D eigenvalue weighted by atomic mass is 16.5. The fourth-order valence-electron chi connectivity index (χ4n) is 1.76. The summed E-state index contributed by atoms with van der Waals surface area (Å²) in [6.45, 7) is 4.10. The second-order valence-corrected chi connectivity index (χ2v) is 3.97. The first-order valence-corrected chi connectivity index (χ1v) is 6.16. The fourth-order valence-corrected chi connectivity index (χ4v) is 1.76.